The minimum atomic E-state index is -4.47. The lowest BCUT2D eigenvalue weighted by molar-refractivity contribution is -0.139. The number of halogens is 3. The average Bonchev–Trinajstić information content (AvgIpc) is 2.78. The molecule has 1 heterocycles. The third kappa shape index (κ3) is 4.25. The maximum atomic E-state index is 13.0. The van der Waals surface area contributed by atoms with Gasteiger partial charge >= 0.3 is 6.18 Å². The summed E-state index contributed by atoms with van der Waals surface area (Å²) in [5.74, 6) is 3.95. The zero-order chi connectivity index (χ0) is 17.0. The Hall–Kier alpha value is -2.49. The quantitative estimate of drug-likeness (QED) is 0.864. The molecule has 23 heavy (non-hydrogen) atoms. The Morgan fingerprint density at radius 1 is 1.39 bits per heavy atom. The fraction of sp³-hybridized carbons (Fsp3) is 0.375. The summed E-state index contributed by atoms with van der Waals surface area (Å²) in [5, 5.41) is 2.57. The van der Waals surface area contributed by atoms with Gasteiger partial charge in [-0.05, 0) is 24.5 Å². The van der Waals surface area contributed by atoms with Crippen LogP contribution in [0.3, 0.4) is 0 Å². The monoisotopic (exact) mass is 324 g/mol. The Balaban J connectivity index is 2.08. The lowest BCUT2D eigenvalue weighted by Gasteiger charge is -2.20. The Morgan fingerprint density at radius 3 is 2.74 bits per heavy atom. The van der Waals surface area contributed by atoms with E-state index in [1.807, 2.05) is 0 Å². The standard InChI is InChI=1S/C16H15F3N2O2/c1-2-5-14(22)20-12-8-15(23)21(10-12)9-11-6-3-4-7-13(11)16(17,18)19/h3-4,6-7,12H,8-10H2,1H3,(H,20,22)/t12-/m1/s1. The summed E-state index contributed by atoms with van der Waals surface area (Å²) in [6.07, 6.45) is -4.41. The van der Waals surface area contributed by atoms with Gasteiger partial charge in [0, 0.05) is 19.5 Å². The lowest BCUT2D eigenvalue weighted by atomic mass is 10.1. The number of likely N-dealkylation sites (tertiary alicyclic amines) is 1. The summed E-state index contributed by atoms with van der Waals surface area (Å²) in [5.41, 5.74) is -0.717. The van der Waals surface area contributed by atoms with Crippen molar-refractivity contribution in [3.63, 3.8) is 0 Å². The predicted octanol–water partition coefficient (Wildman–Crippen LogP) is 1.95. The van der Waals surface area contributed by atoms with Crippen LogP contribution in [0, 0.1) is 11.8 Å². The third-order valence-corrected chi connectivity index (χ3v) is 3.47. The molecule has 2 rings (SSSR count). The molecule has 0 aliphatic carbocycles. The average molecular weight is 324 g/mol. The Bertz CT molecular complexity index is 674. The Kier molecular flexibility index (Phi) is 4.94. The molecule has 4 nitrogen and oxygen atoms in total. The molecule has 0 unspecified atom stereocenters. The van der Waals surface area contributed by atoms with Gasteiger partial charge < -0.3 is 10.2 Å². The Labute approximate surface area is 131 Å². The van der Waals surface area contributed by atoms with Gasteiger partial charge in [0.2, 0.25) is 5.91 Å². The van der Waals surface area contributed by atoms with E-state index >= 15 is 0 Å². The van der Waals surface area contributed by atoms with Crippen molar-refractivity contribution in [3.05, 3.63) is 35.4 Å². The van der Waals surface area contributed by atoms with Crippen LogP contribution in [0.1, 0.15) is 24.5 Å². The number of nitrogens with one attached hydrogen (secondary N) is 1. The summed E-state index contributed by atoms with van der Waals surface area (Å²) in [6.45, 7) is 1.54. The first-order valence-corrected chi connectivity index (χ1v) is 6.97. The van der Waals surface area contributed by atoms with Crippen molar-refractivity contribution in [2.75, 3.05) is 6.54 Å². The van der Waals surface area contributed by atoms with E-state index < -0.39 is 23.7 Å². The molecule has 7 heteroatoms. The van der Waals surface area contributed by atoms with E-state index in [1.165, 1.54) is 30.0 Å². The van der Waals surface area contributed by atoms with E-state index in [0.29, 0.717) is 0 Å². The van der Waals surface area contributed by atoms with Crippen LogP contribution in [0.5, 0.6) is 0 Å². The van der Waals surface area contributed by atoms with Gasteiger partial charge in [0.1, 0.15) is 0 Å². The molecule has 122 valence electrons. The van der Waals surface area contributed by atoms with Crippen LogP contribution >= 0.6 is 0 Å². The molecule has 0 spiro atoms. The molecule has 1 fully saturated rings. The van der Waals surface area contributed by atoms with Gasteiger partial charge in [-0.15, -0.1) is 0 Å². The topological polar surface area (TPSA) is 49.4 Å². The molecule has 2 amide bonds. The van der Waals surface area contributed by atoms with Gasteiger partial charge in [-0.1, -0.05) is 24.1 Å². The number of nitrogens with zero attached hydrogens (tertiary/aromatic N) is 1. The van der Waals surface area contributed by atoms with Crippen LogP contribution in [0.15, 0.2) is 24.3 Å². The van der Waals surface area contributed by atoms with Gasteiger partial charge in [0.05, 0.1) is 11.6 Å². The van der Waals surface area contributed by atoms with Crippen LogP contribution < -0.4 is 5.32 Å². The smallest absolute Gasteiger partial charge is 0.340 e. The van der Waals surface area contributed by atoms with Crippen molar-refractivity contribution in [2.45, 2.75) is 32.1 Å². The van der Waals surface area contributed by atoms with Crippen LogP contribution in [0.25, 0.3) is 0 Å². The zero-order valence-electron chi connectivity index (χ0n) is 12.4. The van der Waals surface area contributed by atoms with E-state index in [0.717, 1.165) is 6.07 Å². The molecular formula is C16H15F3N2O2. The highest BCUT2D eigenvalue weighted by Crippen LogP contribution is 2.32. The maximum absolute atomic E-state index is 13.0. The molecule has 0 aromatic heterocycles. The summed E-state index contributed by atoms with van der Waals surface area (Å²) < 4.78 is 38.9. The van der Waals surface area contributed by atoms with E-state index in [4.69, 9.17) is 0 Å². The number of alkyl halides is 3. The number of carbonyl (C=O) groups is 2. The van der Waals surface area contributed by atoms with E-state index in [9.17, 15) is 22.8 Å². The molecule has 1 aliphatic rings. The van der Waals surface area contributed by atoms with Crippen molar-refractivity contribution in [1.29, 1.82) is 0 Å². The highest BCUT2D eigenvalue weighted by atomic mass is 19.4. The van der Waals surface area contributed by atoms with Crippen molar-refractivity contribution in [1.82, 2.24) is 10.2 Å². The van der Waals surface area contributed by atoms with Crippen LogP contribution in [-0.2, 0) is 22.3 Å². The fourth-order valence-corrected chi connectivity index (χ4v) is 2.50. The van der Waals surface area contributed by atoms with E-state index in [2.05, 4.69) is 17.2 Å². The van der Waals surface area contributed by atoms with Crippen molar-refractivity contribution in [3.8, 4) is 11.8 Å². The lowest BCUT2D eigenvalue weighted by Crippen LogP contribution is -2.36. The highest BCUT2D eigenvalue weighted by Gasteiger charge is 2.35. The summed E-state index contributed by atoms with van der Waals surface area (Å²) in [4.78, 5) is 24.7. The maximum Gasteiger partial charge on any atom is 0.416 e. The number of amides is 2. The first-order chi connectivity index (χ1) is 10.8. The molecule has 0 radical (unpaired) electrons. The minimum Gasteiger partial charge on any atom is -0.340 e. The molecule has 0 bridgehead atoms. The third-order valence-electron chi connectivity index (χ3n) is 3.47. The number of benzene rings is 1. The second-order valence-corrected chi connectivity index (χ2v) is 5.18. The minimum absolute atomic E-state index is 0.0358. The summed E-state index contributed by atoms with van der Waals surface area (Å²) in [7, 11) is 0. The van der Waals surface area contributed by atoms with Crippen molar-refractivity contribution < 1.29 is 22.8 Å². The van der Waals surface area contributed by atoms with Crippen molar-refractivity contribution >= 4 is 11.8 Å². The first-order valence-electron chi connectivity index (χ1n) is 6.97. The molecule has 1 N–H and O–H groups in total. The molecule has 1 atom stereocenters. The number of hydrogen-bond donors (Lipinski definition) is 1. The molecule has 0 saturated carbocycles. The largest absolute Gasteiger partial charge is 0.416 e. The zero-order valence-corrected chi connectivity index (χ0v) is 12.4. The number of carbonyl (C=O) groups excluding carboxylic acids is 2. The van der Waals surface area contributed by atoms with E-state index in [1.54, 1.807) is 0 Å². The number of rotatable bonds is 3. The van der Waals surface area contributed by atoms with Gasteiger partial charge in [-0.25, -0.2) is 0 Å². The van der Waals surface area contributed by atoms with Crippen LogP contribution in [-0.4, -0.2) is 29.3 Å². The molecule has 1 aromatic carbocycles. The summed E-state index contributed by atoms with van der Waals surface area (Å²) in [6, 6.07) is 4.72. The number of hydrogen-bond acceptors (Lipinski definition) is 2. The van der Waals surface area contributed by atoms with Crippen LogP contribution in [0.2, 0.25) is 0 Å². The van der Waals surface area contributed by atoms with Gasteiger partial charge in [-0.2, -0.15) is 13.2 Å². The SMILES string of the molecule is CC#CC(=O)N[C@@H]1CC(=O)N(Cc2ccccc2C(F)(F)F)C1. The second-order valence-electron chi connectivity index (χ2n) is 5.18. The predicted molar refractivity (Wildman–Crippen MR) is 76.9 cm³/mol. The van der Waals surface area contributed by atoms with Crippen molar-refractivity contribution in [2.24, 2.45) is 0 Å². The Morgan fingerprint density at radius 2 is 2.09 bits per heavy atom. The van der Waals surface area contributed by atoms with E-state index in [-0.39, 0.29) is 31.0 Å². The molecule has 1 aliphatic heterocycles. The first kappa shape index (κ1) is 16.9. The summed E-state index contributed by atoms with van der Waals surface area (Å²) >= 11 is 0. The second kappa shape index (κ2) is 6.73. The molecular weight excluding hydrogens is 309 g/mol. The van der Waals surface area contributed by atoms with Gasteiger partial charge in [-0.3, -0.25) is 9.59 Å². The molecule has 1 saturated heterocycles. The van der Waals surface area contributed by atoms with Gasteiger partial charge in [0.25, 0.3) is 5.91 Å². The fourth-order valence-electron chi connectivity index (χ4n) is 2.50. The normalized spacial score (nSPS) is 17.7. The van der Waals surface area contributed by atoms with Crippen LogP contribution in [0.4, 0.5) is 13.2 Å². The van der Waals surface area contributed by atoms with Gasteiger partial charge in [0.15, 0.2) is 0 Å². The highest BCUT2D eigenvalue weighted by molar-refractivity contribution is 5.94. The molecule has 1 aromatic rings.